The monoisotopic (exact) mass is 838 g/mol. The van der Waals surface area contributed by atoms with E-state index in [9.17, 15) is 76.6 Å². The lowest BCUT2D eigenvalue weighted by Gasteiger charge is -2.55. The summed E-state index contributed by atoms with van der Waals surface area (Å²) in [5, 5.41) is 163. The molecular formula is C34H62O23. The van der Waals surface area contributed by atoms with Gasteiger partial charge < -0.3 is 114 Å². The molecule has 0 aliphatic carbocycles. The van der Waals surface area contributed by atoms with Gasteiger partial charge in [-0.15, -0.1) is 0 Å². The van der Waals surface area contributed by atoms with Crippen LogP contribution in [0.15, 0.2) is 0 Å². The van der Waals surface area contributed by atoms with Gasteiger partial charge in [0.25, 0.3) is 0 Å². The Morgan fingerprint density at radius 2 is 0.860 bits per heavy atom. The predicted molar refractivity (Wildman–Crippen MR) is 183 cm³/mol. The van der Waals surface area contributed by atoms with Crippen molar-refractivity contribution in [1.29, 1.82) is 0 Å². The van der Waals surface area contributed by atoms with Gasteiger partial charge in [-0.2, -0.15) is 0 Å². The number of rotatable bonds is 15. The third kappa shape index (κ3) is 8.38. The fraction of sp³-hybridized carbons (Fsp3) is 1.00. The van der Waals surface area contributed by atoms with Gasteiger partial charge in [0.15, 0.2) is 0 Å². The Kier molecular flexibility index (Phi) is 14.9. The molecule has 11 unspecified atom stereocenters. The molecule has 0 radical (unpaired) electrons. The molecule has 4 fully saturated rings. The van der Waals surface area contributed by atoms with Crippen LogP contribution in [0.25, 0.3) is 0 Å². The average molecular weight is 839 g/mol. The van der Waals surface area contributed by atoms with Crippen LogP contribution in [0.2, 0.25) is 0 Å². The molecule has 4 heterocycles. The van der Waals surface area contributed by atoms with E-state index in [4.69, 9.17) is 37.9 Å². The molecule has 0 amide bonds. The predicted octanol–water partition coefficient (Wildman–Crippen LogP) is -7.99. The highest BCUT2D eigenvalue weighted by Crippen LogP contribution is 2.43. The molecule has 0 aromatic carbocycles. The number of methoxy groups -OCH3 is 1. The van der Waals surface area contributed by atoms with Gasteiger partial charge in [0.2, 0.25) is 17.4 Å². The Hall–Kier alpha value is -0.920. The van der Waals surface area contributed by atoms with E-state index in [1.807, 2.05) is 0 Å². The number of hydrogen-bond acceptors (Lipinski definition) is 23. The van der Waals surface area contributed by atoms with Crippen LogP contribution in [0.5, 0.6) is 0 Å². The lowest BCUT2D eigenvalue weighted by molar-refractivity contribution is -0.423. The minimum atomic E-state index is -3.18. The highest BCUT2D eigenvalue weighted by atomic mass is 16.7. The van der Waals surface area contributed by atoms with Crippen LogP contribution < -0.4 is 0 Å². The third-order valence-electron chi connectivity index (χ3n) is 11.9. The summed E-state index contributed by atoms with van der Waals surface area (Å²) in [6.45, 7) is 0.546. The number of aliphatic hydroxyl groups is 15. The van der Waals surface area contributed by atoms with Crippen LogP contribution in [-0.4, -0.2) is 249 Å². The summed E-state index contributed by atoms with van der Waals surface area (Å²) >= 11 is 0. The van der Waals surface area contributed by atoms with E-state index in [2.05, 4.69) is 0 Å². The first-order chi connectivity index (χ1) is 26.3. The van der Waals surface area contributed by atoms with Crippen molar-refractivity contribution >= 4 is 0 Å². The Morgan fingerprint density at radius 1 is 0.474 bits per heavy atom. The molecule has 57 heavy (non-hydrogen) atoms. The van der Waals surface area contributed by atoms with Gasteiger partial charge in [-0.05, 0) is 34.1 Å². The smallest absolute Gasteiger partial charge is 0.224 e. The van der Waals surface area contributed by atoms with Gasteiger partial charge in [0, 0.05) is 7.11 Å². The van der Waals surface area contributed by atoms with Crippen molar-refractivity contribution in [1.82, 2.24) is 0 Å². The standard InChI is InChI=1S/C34H62O23/c1-7-15-21(40)33(48,26(45)30(4,13-37)54-15)52-10-18-23(42)34(49,53-9-17-22(41)32(47,50-6)25(44)29(3,12-36)56-17)27(46)31(5,57-18)14-51-8-16-19(38)20(39)24(43)28(2,11-35)55-16/h15-27,35-49H,7-14H2,1-6H3/t15-,16-,17-,18-,19?,20-,21?,22?,23?,24-,25+,26+,27+,28?,29?,30?,31?,32?,33?,34?/m0/s1. The van der Waals surface area contributed by atoms with Gasteiger partial charge in [-0.1, -0.05) is 6.92 Å². The highest BCUT2D eigenvalue weighted by molar-refractivity contribution is 5.09. The largest absolute Gasteiger partial charge is 0.393 e. The number of hydrogen-bond donors (Lipinski definition) is 15. The third-order valence-corrected chi connectivity index (χ3v) is 11.9. The van der Waals surface area contributed by atoms with E-state index in [1.165, 1.54) is 20.8 Å². The Labute approximate surface area is 328 Å². The molecule has 0 bridgehead atoms. The summed E-state index contributed by atoms with van der Waals surface area (Å²) in [6, 6.07) is 0. The summed E-state index contributed by atoms with van der Waals surface area (Å²) in [7, 11) is 0.944. The van der Waals surface area contributed by atoms with Crippen molar-refractivity contribution in [3.05, 3.63) is 0 Å². The van der Waals surface area contributed by atoms with Crippen LogP contribution in [0.3, 0.4) is 0 Å². The van der Waals surface area contributed by atoms with Crippen LogP contribution >= 0.6 is 0 Å². The Bertz CT molecular complexity index is 1340. The molecule has 4 saturated heterocycles. The molecule has 15 N–H and O–H groups in total. The van der Waals surface area contributed by atoms with Crippen molar-refractivity contribution in [3.63, 3.8) is 0 Å². The summed E-state index contributed by atoms with van der Waals surface area (Å²) in [5.41, 5.74) is -7.78. The molecule has 20 atom stereocenters. The van der Waals surface area contributed by atoms with Gasteiger partial charge in [-0.25, -0.2) is 0 Å². The maximum Gasteiger partial charge on any atom is 0.224 e. The van der Waals surface area contributed by atoms with E-state index in [-0.39, 0.29) is 6.42 Å². The molecule has 0 aromatic heterocycles. The average Bonchev–Trinajstić information content (AvgIpc) is 3.20. The number of ether oxygens (including phenoxy) is 8. The van der Waals surface area contributed by atoms with Crippen molar-refractivity contribution in [2.45, 2.75) is 160 Å². The SMILES string of the molecule is CC[C@@H]1OC(C)(CO)[C@@H](O)C(O)(OC[C@@H]2OC(C)(COC[C@@H]3OC(C)(CO)[C@@H](O)[C@@H](O)C3O)[C@@H](O)C(O)(OC[C@@H]3OC(C)(CO)[C@@H](O)C(O)(OC)C3O)C2O)C1O. The normalized spacial score (nSPS) is 53.5. The van der Waals surface area contributed by atoms with Crippen molar-refractivity contribution in [2.24, 2.45) is 0 Å². The van der Waals surface area contributed by atoms with E-state index in [1.54, 1.807) is 6.92 Å². The van der Waals surface area contributed by atoms with Crippen LogP contribution in [-0.2, 0) is 37.9 Å². The van der Waals surface area contributed by atoms with Crippen LogP contribution in [0.1, 0.15) is 41.0 Å². The molecule has 4 aliphatic heterocycles. The second kappa shape index (κ2) is 17.5. The summed E-state index contributed by atoms with van der Waals surface area (Å²) in [4.78, 5) is 0. The quantitative estimate of drug-likeness (QED) is 0.0681. The van der Waals surface area contributed by atoms with Crippen LogP contribution in [0.4, 0.5) is 0 Å². The lowest BCUT2D eigenvalue weighted by atomic mass is 9.81. The van der Waals surface area contributed by atoms with Gasteiger partial charge in [-0.3, -0.25) is 0 Å². The highest BCUT2D eigenvalue weighted by Gasteiger charge is 2.66. The number of aliphatic hydroxyl groups excluding tert-OH is 12. The minimum absolute atomic E-state index is 0.0688. The maximum absolute atomic E-state index is 12.0. The zero-order valence-corrected chi connectivity index (χ0v) is 32.6. The van der Waals surface area contributed by atoms with Gasteiger partial charge in [0.1, 0.15) is 95.7 Å². The first-order valence-corrected chi connectivity index (χ1v) is 18.5. The van der Waals surface area contributed by atoms with E-state index in [0.29, 0.717) is 0 Å². The zero-order valence-electron chi connectivity index (χ0n) is 32.6. The Balaban J connectivity index is 1.65. The van der Waals surface area contributed by atoms with Crippen molar-refractivity contribution < 1.29 is 114 Å². The second-order valence-electron chi connectivity index (χ2n) is 16.3. The summed E-state index contributed by atoms with van der Waals surface area (Å²) in [5.74, 6) is -8.84. The van der Waals surface area contributed by atoms with Gasteiger partial charge >= 0.3 is 0 Å². The summed E-state index contributed by atoms with van der Waals surface area (Å²) in [6.07, 6.45) is -24.3. The fourth-order valence-electron chi connectivity index (χ4n) is 7.82. The molecule has 23 heteroatoms. The molecular weight excluding hydrogens is 776 g/mol. The van der Waals surface area contributed by atoms with Crippen molar-refractivity contribution in [2.75, 3.05) is 53.4 Å². The zero-order chi connectivity index (χ0) is 43.3. The Morgan fingerprint density at radius 3 is 1.32 bits per heavy atom. The topological polar surface area (TPSA) is 377 Å². The lowest BCUT2D eigenvalue weighted by Crippen LogP contribution is -2.76. The molecule has 0 saturated carbocycles. The van der Waals surface area contributed by atoms with E-state index >= 15 is 0 Å². The van der Waals surface area contributed by atoms with Gasteiger partial charge in [0.05, 0.1) is 52.4 Å². The first kappa shape index (κ1) is 48.7. The molecule has 23 nitrogen and oxygen atoms in total. The molecule has 4 rings (SSSR count). The van der Waals surface area contributed by atoms with Crippen molar-refractivity contribution in [3.8, 4) is 0 Å². The van der Waals surface area contributed by atoms with E-state index < -0.39 is 165 Å². The van der Waals surface area contributed by atoms with Crippen LogP contribution in [0, 0.1) is 0 Å². The molecule has 0 aromatic rings. The first-order valence-electron chi connectivity index (χ1n) is 18.5. The minimum Gasteiger partial charge on any atom is -0.393 e. The molecule has 336 valence electrons. The summed E-state index contributed by atoms with van der Waals surface area (Å²) < 4.78 is 44.8. The molecule has 4 aliphatic rings. The fourth-order valence-corrected chi connectivity index (χ4v) is 7.82. The maximum atomic E-state index is 12.0. The second-order valence-corrected chi connectivity index (χ2v) is 16.3. The molecule has 0 spiro atoms. The van der Waals surface area contributed by atoms with E-state index in [0.717, 1.165) is 14.0 Å².